The van der Waals surface area contributed by atoms with E-state index in [9.17, 15) is 0 Å². The summed E-state index contributed by atoms with van der Waals surface area (Å²) >= 11 is 0. The summed E-state index contributed by atoms with van der Waals surface area (Å²) in [6.45, 7) is 2.29. The normalized spacial score (nSPS) is 19.8. The smallest absolute Gasteiger partial charge is 0.0669 e. The molecule has 1 saturated carbocycles. The van der Waals surface area contributed by atoms with Crippen molar-refractivity contribution in [1.82, 2.24) is 0 Å². The van der Waals surface area contributed by atoms with Gasteiger partial charge in [-0.3, -0.25) is 0 Å². The predicted molar refractivity (Wildman–Crippen MR) is 110 cm³/mol. The zero-order valence-electron chi connectivity index (χ0n) is 16.1. The summed E-state index contributed by atoms with van der Waals surface area (Å²) in [7, 11) is 0. The van der Waals surface area contributed by atoms with Crippen molar-refractivity contribution in [2.75, 3.05) is 0 Å². The first kappa shape index (κ1) is 18.7. The van der Waals surface area contributed by atoms with E-state index in [1.54, 1.807) is 0 Å². The average Bonchev–Trinajstić information content (AvgIpc) is 2.70. The monoisotopic (exact) mass is 345 g/mol. The molecule has 3 rings (SSSR count). The van der Waals surface area contributed by atoms with Crippen molar-refractivity contribution in [3.63, 3.8) is 0 Å². The Kier molecular flexibility index (Phi) is 6.89. The third-order valence-electron chi connectivity index (χ3n) is 6.02. The molecule has 1 aliphatic carbocycles. The Hall–Kier alpha value is -2.07. The molecule has 0 spiro atoms. The van der Waals surface area contributed by atoms with Crippen LogP contribution in [-0.4, -0.2) is 0 Å². The Balaban J connectivity index is 1.56. The van der Waals surface area contributed by atoms with Crippen molar-refractivity contribution in [1.29, 1.82) is 5.26 Å². The van der Waals surface area contributed by atoms with Crippen molar-refractivity contribution in [2.24, 2.45) is 5.92 Å². The minimum absolute atomic E-state index is 0.486. The van der Waals surface area contributed by atoms with Crippen LogP contribution in [-0.2, 0) is 6.42 Å². The van der Waals surface area contributed by atoms with E-state index in [2.05, 4.69) is 61.5 Å². The molecule has 0 N–H and O–H groups in total. The van der Waals surface area contributed by atoms with Crippen LogP contribution in [0, 0.1) is 17.2 Å². The SMILES string of the molecule is CCCCCC1CCC(c2ccc(-c3ccc(CC#N)cc3)cc2)CC1. The standard InChI is InChI=1S/C25H31N/c1-2-3-4-5-20-6-10-22(11-7-20)24-14-16-25(17-15-24)23-12-8-21(9-13-23)18-19-26/h8-9,12-17,20,22H,2-7,10-11,18H2,1H3. The van der Waals surface area contributed by atoms with Crippen molar-refractivity contribution >= 4 is 0 Å². The van der Waals surface area contributed by atoms with Crippen LogP contribution in [0.5, 0.6) is 0 Å². The van der Waals surface area contributed by atoms with Gasteiger partial charge in [0.05, 0.1) is 12.5 Å². The van der Waals surface area contributed by atoms with E-state index in [-0.39, 0.29) is 0 Å². The van der Waals surface area contributed by atoms with E-state index in [1.165, 1.54) is 68.1 Å². The van der Waals surface area contributed by atoms with Gasteiger partial charge in [-0.25, -0.2) is 0 Å². The maximum Gasteiger partial charge on any atom is 0.0669 e. The number of hydrogen-bond acceptors (Lipinski definition) is 1. The molecule has 2 aromatic carbocycles. The first-order valence-corrected chi connectivity index (χ1v) is 10.4. The topological polar surface area (TPSA) is 23.8 Å². The van der Waals surface area contributed by atoms with Gasteiger partial charge in [0.25, 0.3) is 0 Å². The van der Waals surface area contributed by atoms with Gasteiger partial charge in [0.15, 0.2) is 0 Å². The highest BCUT2D eigenvalue weighted by atomic mass is 14.3. The van der Waals surface area contributed by atoms with Gasteiger partial charge in [0.2, 0.25) is 0 Å². The molecule has 0 amide bonds. The molecule has 0 radical (unpaired) electrons. The molecular weight excluding hydrogens is 314 g/mol. The molecular formula is C25H31N. The van der Waals surface area contributed by atoms with E-state index in [0.717, 1.165) is 17.4 Å². The summed E-state index contributed by atoms with van der Waals surface area (Å²) in [6.07, 6.45) is 11.6. The van der Waals surface area contributed by atoms with E-state index in [0.29, 0.717) is 6.42 Å². The Morgan fingerprint density at radius 2 is 1.46 bits per heavy atom. The van der Waals surface area contributed by atoms with Crippen LogP contribution in [0.15, 0.2) is 48.5 Å². The summed E-state index contributed by atoms with van der Waals surface area (Å²) in [5.74, 6) is 1.73. The van der Waals surface area contributed by atoms with Crippen molar-refractivity contribution in [3.8, 4) is 17.2 Å². The molecule has 2 aromatic rings. The van der Waals surface area contributed by atoms with E-state index < -0.39 is 0 Å². The lowest BCUT2D eigenvalue weighted by Crippen LogP contribution is -2.13. The first-order valence-electron chi connectivity index (χ1n) is 10.4. The molecule has 0 saturated heterocycles. The zero-order chi connectivity index (χ0) is 18.2. The summed E-state index contributed by atoms with van der Waals surface area (Å²) in [6, 6.07) is 19.8. The Bertz CT molecular complexity index is 697. The van der Waals surface area contributed by atoms with Crippen molar-refractivity contribution in [2.45, 2.75) is 70.6 Å². The Morgan fingerprint density at radius 1 is 0.846 bits per heavy atom. The molecule has 26 heavy (non-hydrogen) atoms. The van der Waals surface area contributed by atoms with E-state index in [4.69, 9.17) is 5.26 Å². The summed E-state index contributed by atoms with van der Waals surface area (Å²) < 4.78 is 0. The lowest BCUT2D eigenvalue weighted by Gasteiger charge is -2.29. The first-order chi connectivity index (χ1) is 12.8. The molecule has 0 aromatic heterocycles. The van der Waals surface area contributed by atoms with Crippen LogP contribution >= 0.6 is 0 Å². The summed E-state index contributed by atoms with van der Waals surface area (Å²) in [5, 5.41) is 8.78. The highest BCUT2D eigenvalue weighted by Crippen LogP contribution is 2.38. The van der Waals surface area contributed by atoms with Gasteiger partial charge in [0.1, 0.15) is 0 Å². The van der Waals surface area contributed by atoms with Gasteiger partial charge < -0.3 is 0 Å². The maximum absolute atomic E-state index is 8.78. The molecule has 0 aliphatic heterocycles. The largest absolute Gasteiger partial charge is 0.198 e. The third kappa shape index (κ3) is 4.98. The second-order valence-corrected chi connectivity index (χ2v) is 7.87. The average molecular weight is 346 g/mol. The summed E-state index contributed by atoms with van der Waals surface area (Å²) in [5.41, 5.74) is 5.11. The number of unbranched alkanes of at least 4 members (excludes halogenated alkanes) is 2. The fraction of sp³-hybridized carbons (Fsp3) is 0.480. The maximum atomic E-state index is 8.78. The quantitative estimate of drug-likeness (QED) is 0.484. The number of rotatable bonds is 7. The second kappa shape index (κ2) is 9.58. The predicted octanol–water partition coefficient (Wildman–Crippen LogP) is 7.27. The molecule has 0 atom stereocenters. The molecule has 136 valence electrons. The van der Waals surface area contributed by atoms with Gasteiger partial charge in [-0.05, 0) is 59.8 Å². The fourth-order valence-electron chi connectivity index (χ4n) is 4.32. The van der Waals surface area contributed by atoms with Gasteiger partial charge in [-0.1, -0.05) is 81.1 Å². The molecule has 0 bridgehead atoms. The van der Waals surface area contributed by atoms with Gasteiger partial charge in [0, 0.05) is 0 Å². The fourth-order valence-corrected chi connectivity index (χ4v) is 4.32. The minimum Gasteiger partial charge on any atom is -0.198 e. The number of benzene rings is 2. The van der Waals surface area contributed by atoms with E-state index >= 15 is 0 Å². The Morgan fingerprint density at radius 3 is 2.04 bits per heavy atom. The Labute approximate surface area is 159 Å². The number of nitrogens with zero attached hydrogens (tertiary/aromatic N) is 1. The number of nitriles is 1. The third-order valence-corrected chi connectivity index (χ3v) is 6.02. The zero-order valence-corrected chi connectivity index (χ0v) is 16.1. The molecule has 1 aliphatic rings. The van der Waals surface area contributed by atoms with Crippen LogP contribution in [0.3, 0.4) is 0 Å². The number of hydrogen-bond donors (Lipinski definition) is 0. The second-order valence-electron chi connectivity index (χ2n) is 7.87. The molecule has 1 fully saturated rings. The highest BCUT2D eigenvalue weighted by Gasteiger charge is 2.21. The van der Waals surface area contributed by atoms with E-state index in [1.807, 2.05) is 0 Å². The van der Waals surface area contributed by atoms with Crippen LogP contribution in [0.1, 0.15) is 75.3 Å². The van der Waals surface area contributed by atoms with Gasteiger partial charge >= 0.3 is 0 Å². The summed E-state index contributed by atoms with van der Waals surface area (Å²) in [4.78, 5) is 0. The van der Waals surface area contributed by atoms with Gasteiger partial charge in [-0.15, -0.1) is 0 Å². The lowest BCUT2D eigenvalue weighted by molar-refractivity contribution is 0.303. The molecule has 0 unspecified atom stereocenters. The van der Waals surface area contributed by atoms with Crippen molar-refractivity contribution in [3.05, 3.63) is 59.7 Å². The highest BCUT2D eigenvalue weighted by molar-refractivity contribution is 5.64. The minimum atomic E-state index is 0.486. The van der Waals surface area contributed by atoms with Gasteiger partial charge in [-0.2, -0.15) is 5.26 Å². The lowest BCUT2D eigenvalue weighted by atomic mass is 9.77. The van der Waals surface area contributed by atoms with Crippen LogP contribution in [0.2, 0.25) is 0 Å². The molecule has 1 heteroatoms. The van der Waals surface area contributed by atoms with Crippen LogP contribution in [0.25, 0.3) is 11.1 Å². The van der Waals surface area contributed by atoms with Crippen LogP contribution in [0.4, 0.5) is 0 Å². The van der Waals surface area contributed by atoms with Crippen molar-refractivity contribution < 1.29 is 0 Å². The molecule has 0 heterocycles. The van der Waals surface area contributed by atoms with Crippen LogP contribution < -0.4 is 0 Å². The molecule has 1 nitrogen and oxygen atoms in total.